The second kappa shape index (κ2) is 10.2. The van der Waals surface area contributed by atoms with Crippen LogP contribution in [-0.4, -0.2) is 27.2 Å². The number of aromatic hydroxyl groups is 1. The van der Waals surface area contributed by atoms with Crippen molar-refractivity contribution in [2.75, 3.05) is 18.4 Å². The van der Waals surface area contributed by atoms with Crippen LogP contribution in [-0.2, 0) is 29.0 Å². The first-order chi connectivity index (χ1) is 16.9. The van der Waals surface area contributed by atoms with Crippen molar-refractivity contribution in [2.24, 2.45) is 0 Å². The van der Waals surface area contributed by atoms with Crippen LogP contribution in [0.15, 0.2) is 62.4 Å². The smallest absolute Gasteiger partial charge is 0.416 e. The van der Waals surface area contributed by atoms with Gasteiger partial charge in [0.2, 0.25) is 0 Å². The molecule has 3 aromatic carbocycles. The molecule has 0 saturated carbocycles. The Labute approximate surface area is 223 Å². The average molecular weight is 650 g/mol. The van der Waals surface area contributed by atoms with Crippen LogP contribution in [0, 0.1) is 0 Å². The van der Waals surface area contributed by atoms with Crippen LogP contribution in [0.5, 0.6) is 11.5 Å². The van der Waals surface area contributed by atoms with E-state index in [0.29, 0.717) is 37.3 Å². The topological polar surface area (TPSA) is 87.7 Å². The van der Waals surface area contributed by atoms with Gasteiger partial charge in [-0.3, -0.25) is 4.72 Å². The molecule has 192 valence electrons. The van der Waals surface area contributed by atoms with E-state index in [1.54, 1.807) is 13.2 Å². The van der Waals surface area contributed by atoms with Gasteiger partial charge in [-0.1, -0.05) is 0 Å². The fourth-order valence-corrected chi connectivity index (χ4v) is 6.80. The molecule has 1 atom stereocenters. The van der Waals surface area contributed by atoms with Gasteiger partial charge in [-0.15, -0.1) is 0 Å². The van der Waals surface area contributed by atoms with Crippen LogP contribution in [0.25, 0.3) is 0 Å². The number of hydrogen-bond donors (Lipinski definition) is 3. The first-order valence-electron chi connectivity index (χ1n) is 10.7. The van der Waals surface area contributed by atoms with Crippen molar-refractivity contribution in [1.29, 1.82) is 0 Å². The second-order valence-electron chi connectivity index (χ2n) is 8.25. The fraction of sp³-hybridized carbons (Fsp3) is 0.250. The monoisotopic (exact) mass is 648 g/mol. The van der Waals surface area contributed by atoms with E-state index in [2.05, 4.69) is 41.9 Å². The maximum absolute atomic E-state index is 12.8. The predicted molar refractivity (Wildman–Crippen MR) is 137 cm³/mol. The van der Waals surface area contributed by atoms with Gasteiger partial charge in [-0.05, 0) is 116 Å². The van der Waals surface area contributed by atoms with E-state index in [1.807, 2.05) is 12.1 Å². The Hall–Kier alpha value is -2.28. The molecule has 0 saturated heterocycles. The first-order valence-corrected chi connectivity index (χ1v) is 13.8. The molecule has 1 unspecified atom stereocenters. The Morgan fingerprint density at radius 1 is 1.11 bits per heavy atom. The predicted octanol–water partition coefficient (Wildman–Crippen LogP) is 6.17. The summed E-state index contributed by atoms with van der Waals surface area (Å²) in [5.41, 5.74) is 1.66. The molecule has 0 radical (unpaired) electrons. The van der Waals surface area contributed by atoms with Gasteiger partial charge in [0.15, 0.2) is 0 Å². The number of benzene rings is 3. The number of rotatable bonds is 6. The van der Waals surface area contributed by atoms with Crippen LogP contribution < -0.4 is 14.8 Å². The third-order valence-corrected chi connectivity index (χ3v) is 8.42. The molecule has 36 heavy (non-hydrogen) atoms. The third kappa shape index (κ3) is 5.66. The molecule has 0 spiro atoms. The van der Waals surface area contributed by atoms with Crippen molar-refractivity contribution in [3.63, 3.8) is 0 Å². The lowest BCUT2D eigenvalue weighted by atomic mass is 9.89. The molecule has 0 fully saturated rings. The Morgan fingerprint density at radius 2 is 1.75 bits per heavy atom. The number of phenolic OH excluding ortho intramolecular Hbond substituents is 1. The summed E-state index contributed by atoms with van der Waals surface area (Å²) in [6.45, 7) is 0.673. The molecule has 1 heterocycles. The third-order valence-electron chi connectivity index (χ3n) is 5.86. The Kier molecular flexibility index (Phi) is 7.61. The molecule has 0 bridgehead atoms. The number of anilines is 1. The highest BCUT2D eigenvalue weighted by molar-refractivity contribution is 9.11. The lowest BCUT2D eigenvalue weighted by molar-refractivity contribution is -0.137. The molecule has 0 amide bonds. The number of halogens is 5. The lowest BCUT2D eigenvalue weighted by Crippen LogP contribution is -2.31. The zero-order valence-corrected chi connectivity index (χ0v) is 22.8. The van der Waals surface area contributed by atoms with E-state index >= 15 is 0 Å². The Bertz CT molecular complexity index is 1370. The summed E-state index contributed by atoms with van der Waals surface area (Å²) < 4.78 is 73.4. The summed E-state index contributed by atoms with van der Waals surface area (Å²) in [6.07, 6.45) is -3.37. The van der Waals surface area contributed by atoms with Crippen LogP contribution in [0.3, 0.4) is 0 Å². The number of sulfonamides is 1. The normalized spacial score (nSPS) is 15.9. The summed E-state index contributed by atoms with van der Waals surface area (Å²) in [5.74, 6) is 0.403. The molecule has 3 aromatic rings. The molecule has 6 nitrogen and oxygen atoms in total. The van der Waals surface area contributed by atoms with Crippen molar-refractivity contribution in [3.05, 3.63) is 79.7 Å². The van der Waals surface area contributed by atoms with E-state index < -0.39 is 21.8 Å². The molecule has 0 aromatic heterocycles. The lowest BCUT2D eigenvalue weighted by Gasteiger charge is -2.28. The highest BCUT2D eigenvalue weighted by atomic mass is 79.9. The molecular formula is C24H21Br2F3N2O4S. The van der Waals surface area contributed by atoms with Gasteiger partial charge in [-0.25, -0.2) is 8.42 Å². The molecule has 3 N–H and O–H groups in total. The summed E-state index contributed by atoms with van der Waals surface area (Å²) in [5, 5.41) is 13.9. The summed E-state index contributed by atoms with van der Waals surface area (Å²) >= 11 is 7.00. The van der Waals surface area contributed by atoms with Crippen molar-refractivity contribution >= 4 is 47.6 Å². The minimum atomic E-state index is -4.58. The molecule has 1 aliphatic rings. The number of methoxy groups -OCH3 is 1. The minimum absolute atomic E-state index is 0.0561. The van der Waals surface area contributed by atoms with Gasteiger partial charge in [0.05, 0.1) is 32.2 Å². The van der Waals surface area contributed by atoms with Crippen molar-refractivity contribution in [3.8, 4) is 11.5 Å². The van der Waals surface area contributed by atoms with E-state index in [1.165, 1.54) is 6.07 Å². The Balaban J connectivity index is 1.63. The van der Waals surface area contributed by atoms with E-state index in [-0.39, 0.29) is 22.4 Å². The molecular weight excluding hydrogens is 629 g/mol. The summed E-state index contributed by atoms with van der Waals surface area (Å²) in [6, 6.07) is 9.95. The molecule has 4 rings (SSSR count). The summed E-state index contributed by atoms with van der Waals surface area (Å²) in [4.78, 5) is -0.352. The average Bonchev–Trinajstić information content (AvgIpc) is 2.79. The Morgan fingerprint density at radius 3 is 2.33 bits per heavy atom. The SMILES string of the molecule is COc1c(Br)cc(CC2NCCc3cc(O)c(NS(=O)(=O)c4ccc(C(F)(F)F)cc4)cc32)cc1Br. The van der Waals surface area contributed by atoms with Gasteiger partial charge in [0.25, 0.3) is 10.0 Å². The van der Waals surface area contributed by atoms with Gasteiger partial charge >= 0.3 is 6.18 Å². The van der Waals surface area contributed by atoms with Crippen LogP contribution >= 0.6 is 31.9 Å². The quantitative estimate of drug-likeness (QED) is 0.278. The zero-order valence-electron chi connectivity index (χ0n) is 18.8. The van der Waals surface area contributed by atoms with E-state index in [4.69, 9.17) is 4.74 Å². The minimum Gasteiger partial charge on any atom is -0.506 e. The highest BCUT2D eigenvalue weighted by Gasteiger charge is 2.31. The number of fused-ring (bicyclic) bond motifs is 1. The van der Waals surface area contributed by atoms with Crippen molar-refractivity contribution < 1.29 is 31.4 Å². The highest BCUT2D eigenvalue weighted by Crippen LogP contribution is 2.38. The molecule has 12 heteroatoms. The number of phenols is 1. The molecule has 1 aliphatic heterocycles. The van der Waals surface area contributed by atoms with Gasteiger partial charge < -0.3 is 15.2 Å². The maximum atomic E-state index is 12.8. The largest absolute Gasteiger partial charge is 0.506 e. The zero-order chi connectivity index (χ0) is 26.3. The van der Waals surface area contributed by atoms with Gasteiger partial charge in [0.1, 0.15) is 11.5 Å². The number of alkyl halides is 3. The standard InChI is InChI=1S/C24H21Br2F3N2O4S/c1-35-23-18(25)8-13(9-19(23)26)10-20-17-12-21(22(32)11-14(17)6-7-30-20)31-36(33,34)16-4-2-15(3-5-16)24(27,28)29/h2-5,8-9,11-12,20,30-32H,6-7,10H2,1H3. The number of nitrogens with one attached hydrogen (secondary N) is 2. The maximum Gasteiger partial charge on any atom is 0.416 e. The van der Waals surface area contributed by atoms with Gasteiger partial charge in [0, 0.05) is 6.04 Å². The van der Waals surface area contributed by atoms with Crippen LogP contribution in [0.4, 0.5) is 18.9 Å². The van der Waals surface area contributed by atoms with Crippen molar-refractivity contribution in [2.45, 2.75) is 30.0 Å². The number of hydrogen-bond acceptors (Lipinski definition) is 5. The van der Waals surface area contributed by atoms with E-state index in [0.717, 1.165) is 37.8 Å². The fourth-order valence-electron chi connectivity index (χ4n) is 4.13. The summed E-state index contributed by atoms with van der Waals surface area (Å²) in [7, 11) is -2.67. The van der Waals surface area contributed by atoms with E-state index in [9.17, 15) is 26.7 Å². The number of ether oxygens (including phenoxy) is 1. The molecule has 0 aliphatic carbocycles. The van der Waals surface area contributed by atoms with Crippen LogP contribution in [0.1, 0.15) is 28.3 Å². The second-order valence-corrected chi connectivity index (χ2v) is 11.6. The van der Waals surface area contributed by atoms with Crippen molar-refractivity contribution in [1.82, 2.24) is 5.32 Å². The first kappa shape index (κ1) is 26.8. The van der Waals surface area contributed by atoms with Crippen LogP contribution in [0.2, 0.25) is 0 Å². The van der Waals surface area contributed by atoms with Gasteiger partial charge in [-0.2, -0.15) is 13.2 Å².